The Morgan fingerprint density at radius 2 is 1.91 bits per heavy atom. The monoisotopic (exact) mass is 441 g/mol. The van der Waals surface area contributed by atoms with E-state index in [9.17, 15) is 8.78 Å². The third-order valence-electron chi connectivity index (χ3n) is 3.01. The molecule has 0 aliphatic carbocycles. The molecule has 0 spiro atoms. The van der Waals surface area contributed by atoms with E-state index >= 15 is 0 Å². The Morgan fingerprint density at radius 3 is 2.70 bits per heavy atom. The molecular weight excluding hydrogens is 431 g/mol. The SMILES string of the molecule is Fc1ccc(I)c(C=NNc2nc(-c3ccccc3)cs2)c1F. The zero-order valence-electron chi connectivity index (χ0n) is 11.6. The van der Waals surface area contributed by atoms with Crippen LogP contribution < -0.4 is 5.43 Å². The van der Waals surface area contributed by atoms with E-state index in [1.807, 2.05) is 58.3 Å². The zero-order chi connectivity index (χ0) is 16.2. The Labute approximate surface area is 149 Å². The summed E-state index contributed by atoms with van der Waals surface area (Å²) in [7, 11) is 0. The molecule has 0 fully saturated rings. The van der Waals surface area contributed by atoms with E-state index in [2.05, 4.69) is 15.5 Å². The van der Waals surface area contributed by atoms with Crippen LogP contribution in [-0.4, -0.2) is 11.2 Å². The maximum absolute atomic E-state index is 13.7. The number of anilines is 1. The van der Waals surface area contributed by atoms with Gasteiger partial charge in [-0.1, -0.05) is 30.3 Å². The number of halogens is 3. The van der Waals surface area contributed by atoms with Crippen molar-refractivity contribution in [3.63, 3.8) is 0 Å². The predicted molar refractivity (Wildman–Crippen MR) is 97.8 cm³/mol. The fourth-order valence-electron chi connectivity index (χ4n) is 1.88. The molecule has 7 heteroatoms. The average molecular weight is 441 g/mol. The molecule has 0 atom stereocenters. The van der Waals surface area contributed by atoms with E-state index in [0.717, 1.165) is 17.3 Å². The van der Waals surface area contributed by atoms with E-state index in [0.29, 0.717) is 8.70 Å². The summed E-state index contributed by atoms with van der Waals surface area (Å²) in [5.74, 6) is -1.81. The van der Waals surface area contributed by atoms with Gasteiger partial charge in [0.25, 0.3) is 0 Å². The Hall–Kier alpha value is -1.87. The first kappa shape index (κ1) is 16.0. The molecule has 1 aromatic heterocycles. The van der Waals surface area contributed by atoms with Crippen LogP contribution in [-0.2, 0) is 0 Å². The topological polar surface area (TPSA) is 37.3 Å². The number of nitrogens with one attached hydrogen (secondary N) is 1. The van der Waals surface area contributed by atoms with Crippen LogP contribution in [0.2, 0.25) is 0 Å². The second-order valence-corrected chi connectivity index (χ2v) is 6.55. The Balaban J connectivity index is 1.75. The Bertz CT molecular complexity index is 850. The fraction of sp³-hybridized carbons (Fsp3) is 0. The number of aromatic nitrogens is 1. The molecule has 0 bridgehead atoms. The Morgan fingerprint density at radius 1 is 1.13 bits per heavy atom. The van der Waals surface area contributed by atoms with Gasteiger partial charge in [-0.25, -0.2) is 13.8 Å². The lowest BCUT2D eigenvalue weighted by atomic mass is 10.2. The van der Waals surface area contributed by atoms with Gasteiger partial charge in [0.1, 0.15) is 0 Å². The maximum Gasteiger partial charge on any atom is 0.203 e. The minimum atomic E-state index is -0.911. The highest BCUT2D eigenvalue weighted by molar-refractivity contribution is 14.1. The molecule has 0 unspecified atom stereocenters. The van der Waals surface area contributed by atoms with Gasteiger partial charge in [-0.3, -0.25) is 5.43 Å². The van der Waals surface area contributed by atoms with Crippen molar-refractivity contribution < 1.29 is 8.78 Å². The summed E-state index contributed by atoms with van der Waals surface area (Å²) in [4.78, 5) is 4.40. The maximum atomic E-state index is 13.7. The van der Waals surface area contributed by atoms with Crippen LogP contribution in [0, 0.1) is 15.2 Å². The molecule has 3 nitrogen and oxygen atoms in total. The summed E-state index contributed by atoms with van der Waals surface area (Å²) in [6.45, 7) is 0. The first-order valence-corrected chi connectivity index (χ1v) is 8.54. The van der Waals surface area contributed by atoms with E-state index in [-0.39, 0.29) is 5.56 Å². The predicted octanol–water partition coefficient (Wildman–Crippen LogP) is 5.14. The molecule has 0 aliphatic heterocycles. The molecule has 3 rings (SSSR count). The highest BCUT2D eigenvalue weighted by Gasteiger charge is 2.10. The van der Waals surface area contributed by atoms with E-state index < -0.39 is 11.6 Å². The fourth-order valence-corrected chi connectivity index (χ4v) is 3.10. The second kappa shape index (κ2) is 7.14. The van der Waals surface area contributed by atoms with Gasteiger partial charge in [-0.15, -0.1) is 11.3 Å². The second-order valence-electron chi connectivity index (χ2n) is 4.53. The molecule has 0 saturated heterocycles. The number of hydrogen-bond donors (Lipinski definition) is 1. The van der Waals surface area contributed by atoms with Gasteiger partial charge in [-0.2, -0.15) is 5.10 Å². The van der Waals surface area contributed by atoms with Gasteiger partial charge < -0.3 is 0 Å². The average Bonchev–Trinajstić information content (AvgIpc) is 3.04. The van der Waals surface area contributed by atoms with Crippen LogP contribution in [0.15, 0.2) is 52.9 Å². The van der Waals surface area contributed by atoms with Crippen molar-refractivity contribution in [1.82, 2.24) is 4.98 Å². The third kappa shape index (κ3) is 3.73. The van der Waals surface area contributed by atoms with Gasteiger partial charge in [0, 0.05) is 20.1 Å². The van der Waals surface area contributed by atoms with E-state index in [1.165, 1.54) is 23.6 Å². The molecule has 23 heavy (non-hydrogen) atoms. The standard InChI is InChI=1S/C16H10F2IN3S/c17-12-6-7-13(19)11(15(12)18)8-20-22-16-21-14(9-23-16)10-4-2-1-3-5-10/h1-9H,(H,21,22). The smallest absolute Gasteiger partial charge is 0.203 e. The number of hydrogen-bond acceptors (Lipinski definition) is 4. The first-order chi connectivity index (χ1) is 11.1. The van der Waals surface area contributed by atoms with Crippen LogP contribution in [0.3, 0.4) is 0 Å². The highest BCUT2D eigenvalue weighted by atomic mass is 127. The summed E-state index contributed by atoms with van der Waals surface area (Å²) in [5.41, 5.74) is 4.69. The quantitative estimate of drug-likeness (QED) is 0.264. The molecule has 0 amide bonds. The Kier molecular flexibility index (Phi) is 4.97. The molecule has 0 aliphatic rings. The number of benzene rings is 2. The highest BCUT2D eigenvalue weighted by Crippen LogP contribution is 2.24. The normalized spacial score (nSPS) is 11.1. The van der Waals surface area contributed by atoms with E-state index in [4.69, 9.17) is 0 Å². The van der Waals surface area contributed by atoms with Crippen molar-refractivity contribution >= 4 is 45.3 Å². The summed E-state index contributed by atoms with van der Waals surface area (Å²) >= 11 is 3.32. The molecule has 0 saturated carbocycles. The molecule has 1 N–H and O–H groups in total. The minimum Gasteiger partial charge on any atom is -0.253 e. The lowest BCUT2D eigenvalue weighted by Gasteiger charge is -2.01. The molecule has 2 aromatic carbocycles. The molecule has 0 radical (unpaired) electrons. The van der Waals surface area contributed by atoms with Crippen molar-refractivity contribution in [3.8, 4) is 11.3 Å². The summed E-state index contributed by atoms with van der Waals surface area (Å²) < 4.78 is 27.5. The van der Waals surface area contributed by atoms with Crippen molar-refractivity contribution in [2.24, 2.45) is 5.10 Å². The zero-order valence-corrected chi connectivity index (χ0v) is 14.6. The summed E-state index contributed by atoms with van der Waals surface area (Å²) in [5, 5.41) is 6.42. The minimum absolute atomic E-state index is 0.109. The lowest BCUT2D eigenvalue weighted by Crippen LogP contribution is -1.98. The summed E-state index contributed by atoms with van der Waals surface area (Å²) in [6.07, 6.45) is 1.25. The lowest BCUT2D eigenvalue weighted by molar-refractivity contribution is 0.506. The van der Waals surface area contributed by atoms with Crippen LogP contribution in [0.25, 0.3) is 11.3 Å². The van der Waals surface area contributed by atoms with Crippen LogP contribution in [0.5, 0.6) is 0 Å². The van der Waals surface area contributed by atoms with Crippen LogP contribution in [0.4, 0.5) is 13.9 Å². The van der Waals surface area contributed by atoms with Crippen molar-refractivity contribution in [2.45, 2.75) is 0 Å². The number of nitrogens with zero attached hydrogens (tertiary/aromatic N) is 2. The largest absolute Gasteiger partial charge is 0.253 e. The first-order valence-electron chi connectivity index (χ1n) is 6.58. The van der Waals surface area contributed by atoms with Gasteiger partial charge in [0.05, 0.1) is 11.9 Å². The number of hydrazone groups is 1. The van der Waals surface area contributed by atoms with Gasteiger partial charge in [0.2, 0.25) is 5.13 Å². The number of rotatable bonds is 4. The van der Waals surface area contributed by atoms with Gasteiger partial charge in [0.15, 0.2) is 11.6 Å². The molecule has 116 valence electrons. The van der Waals surface area contributed by atoms with Gasteiger partial charge in [-0.05, 0) is 34.7 Å². The van der Waals surface area contributed by atoms with Crippen molar-refractivity contribution in [1.29, 1.82) is 0 Å². The van der Waals surface area contributed by atoms with Crippen LogP contribution in [0.1, 0.15) is 5.56 Å². The van der Waals surface area contributed by atoms with Crippen molar-refractivity contribution in [2.75, 3.05) is 5.43 Å². The van der Waals surface area contributed by atoms with Crippen molar-refractivity contribution in [3.05, 3.63) is 68.6 Å². The van der Waals surface area contributed by atoms with E-state index in [1.54, 1.807) is 0 Å². The van der Waals surface area contributed by atoms with Crippen LogP contribution >= 0.6 is 33.9 Å². The third-order valence-corrected chi connectivity index (χ3v) is 4.69. The molecule has 1 heterocycles. The number of thiazole rings is 1. The summed E-state index contributed by atoms with van der Waals surface area (Å²) in [6, 6.07) is 12.3. The van der Waals surface area contributed by atoms with Gasteiger partial charge >= 0.3 is 0 Å². The molecule has 3 aromatic rings. The molecular formula is C16H10F2IN3S.